The van der Waals surface area contributed by atoms with Crippen LogP contribution in [0, 0.1) is 0 Å². The highest BCUT2D eigenvalue weighted by atomic mass is 35.5. The van der Waals surface area contributed by atoms with Crippen molar-refractivity contribution in [3.8, 4) is 0 Å². The standard InChI is InChI=1S/C12H14ClN5S/c1-2-11-14-5-8-3-4-18(6-9(8)15-11)7-10-12(13)19-17-16-10/h5H,2-4,6-7H2,1H3. The van der Waals surface area contributed by atoms with E-state index in [0.29, 0.717) is 4.34 Å². The predicted molar refractivity (Wildman–Crippen MR) is 74.1 cm³/mol. The number of fused-ring (bicyclic) bond motifs is 1. The Balaban J connectivity index is 1.76. The van der Waals surface area contributed by atoms with Crippen LogP contribution in [0.5, 0.6) is 0 Å². The molecule has 2 aromatic rings. The first kappa shape index (κ1) is 12.9. The third-order valence-corrected chi connectivity index (χ3v) is 4.26. The molecule has 0 atom stereocenters. The smallest absolute Gasteiger partial charge is 0.138 e. The Morgan fingerprint density at radius 1 is 1.47 bits per heavy atom. The molecule has 100 valence electrons. The van der Waals surface area contributed by atoms with Crippen molar-refractivity contribution in [3.05, 3.63) is 33.3 Å². The highest BCUT2D eigenvalue weighted by molar-refractivity contribution is 7.10. The van der Waals surface area contributed by atoms with Gasteiger partial charge >= 0.3 is 0 Å². The normalized spacial score (nSPS) is 15.5. The van der Waals surface area contributed by atoms with Crippen LogP contribution in [0.15, 0.2) is 6.20 Å². The molecule has 19 heavy (non-hydrogen) atoms. The molecule has 0 unspecified atom stereocenters. The second-order valence-corrected chi connectivity index (χ2v) is 5.92. The van der Waals surface area contributed by atoms with E-state index in [1.165, 1.54) is 17.1 Å². The van der Waals surface area contributed by atoms with Crippen molar-refractivity contribution >= 4 is 23.1 Å². The summed E-state index contributed by atoms with van der Waals surface area (Å²) in [7, 11) is 0. The zero-order valence-corrected chi connectivity index (χ0v) is 12.2. The molecule has 1 aliphatic heterocycles. The summed E-state index contributed by atoms with van der Waals surface area (Å²) in [5, 5.41) is 4.06. The maximum atomic E-state index is 6.05. The van der Waals surface area contributed by atoms with Crippen LogP contribution < -0.4 is 0 Å². The molecule has 2 aromatic heterocycles. The molecule has 0 N–H and O–H groups in total. The van der Waals surface area contributed by atoms with Gasteiger partial charge in [0, 0.05) is 43.8 Å². The molecule has 0 radical (unpaired) electrons. The molecule has 0 saturated carbocycles. The van der Waals surface area contributed by atoms with Crippen molar-refractivity contribution in [1.29, 1.82) is 0 Å². The van der Waals surface area contributed by atoms with Crippen molar-refractivity contribution in [2.75, 3.05) is 6.54 Å². The lowest BCUT2D eigenvalue weighted by Crippen LogP contribution is -2.31. The molecule has 0 bridgehead atoms. The van der Waals surface area contributed by atoms with E-state index < -0.39 is 0 Å². The fraction of sp³-hybridized carbons (Fsp3) is 0.500. The second kappa shape index (κ2) is 5.48. The van der Waals surface area contributed by atoms with E-state index >= 15 is 0 Å². The van der Waals surface area contributed by atoms with Gasteiger partial charge in [0.15, 0.2) is 0 Å². The van der Waals surface area contributed by atoms with Gasteiger partial charge in [0.25, 0.3) is 0 Å². The SMILES string of the molecule is CCc1ncc2c(n1)CN(Cc1nnsc1Cl)CC2. The van der Waals surface area contributed by atoms with E-state index in [2.05, 4.69) is 31.4 Å². The lowest BCUT2D eigenvalue weighted by molar-refractivity contribution is 0.238. The number of halogens is 1. The van der Waals surface area contributed by atoms with Crippen LogP contribution in [0.4, 0.5) is 0 Å². The van der Waals surface area contributed by atoms with Gasteiger partial charge in [0.05, 0.1) is 5.69 Å². The lowest BCUT2D eigenvalue weighted by Gasteiger charge is -2.27. The Hall–Kier alpha value is -1.11. The zero-order valence-electron chi connectivity index (χ0n) is 10.6. The first-order valence-corrected chi connectivity index (χ1v) is 7.44. The molecular formula is C12H14ClN5S. The van der Waals surface area contributed by atoms with Crippen molar-refractivity contribution in [2.24, 2.45) is 0 Å². The fourth-order valence-electron chi connectivity index (χ4n) is 2.21. The van der Waals surface area contributed by atoms with E-state index in [4.69, 9.17) is 11.6 Å². The highest BCUT2D eigenvalue weighted by Gasteiger charge is 2.20. The summed E-state index contributed by atoms with van der Waals surface area (Å²) in [5.41, 5.74) is 3.26. The van der Waals surface area contributed by atoms with Crippen molar-refractivity contribution in [1.82, 2.24) is 24.5 Å². The molecule has 0 amide bonds. The minimum atomic E-state index is 0.683. The van der Waals surface area contributed by atoms with Gasteiger partial charge in [-0.1, -0.05) is 23.0 Å². The molecule has 7 heteroatoms. The van der Waals surface area contributed by atoms with Gasteiger partial charge in [-0.2, -0.15) is 0 Å². The van der Waals surface area contributed by atoms with Crippen molar-refractivity contribution in [3.63, 3.8) is 0 Å². The van der Waals surface area contributed by atoms with Crippen LogP contribution in [0.25, 0.3) is 0 Å². The Labute approximate surface area is 120 Å². The Morgan fingerprint density at radius 2 is 2.37 bits per heavy atom. The average Bonchev–Trinajstić information content (AvgIpc) is 2.83. The van der Waals surface area contributed by atoms with Crippen LogP contribution in [0.2, 0.25) is 4.34 Å². The van der Waals surface area contributed by atoms with E-state index in [1.54, 1.807) is 0 Å². The Kier molecular flexibility index (Phi) is 3.72. The summed E-state index contributed by atoms with van der Waals surface area (Å²) in [6.07, 6.45) is 3.82. The molecule has 3 rings (SSSR count). The van der Waals surface area contributed by atoms with Crippen LogP contribution in [-0.2, 0) is 25.9 Å². The Bertz CT molecular complexity index is 585. The summed E-state index contributed by atoms with van der Waals surface area (Å²) in [6, 6.07) is 0. The van der Waals surface area contributed by atoms with E-state index in [-0.39, 0.29) is 0 Å². The minimum Gasteiger partial charge on any atom is -0.291 e. The largest absolute Gasteiger partial charge is 0.291 e. The molecule has 0 aromatic carbocycles. The molecule has 0 fully saturated rings. The van der Waals surface area contributed by atoms with E-state index in [9.17, 15) is 0 Å². The predicted octanol–water partition coefficient (Wildman–Crippen LogP) is 2.10. The number of hydrogen-bond donors (Lipinski definition) is 0. The molecule has 0 aliphatic carbocycles. The first-order valence-electron chi connectivity index (χ1n) is 6.29. The average molecular weight is 296 g/mol. The van der Waals surface area contributed by atoms with Gasteiger partial charge in [-0.25, -0.2) is 9.97 Å². The molecule has 0 saturated heterocycles. The summed E-state index contributed by atoms with van der Waals surface area (Å²) in [6.45, 7) is 4.62. The quantitative estimate of drug-likeness (QED) is 0.868. The maximum absolute atomic E-state index is 6.05. The van der Waals surface area contributed by atoms with E-state index in [0.717, 1.165) is 49.7 Å². The van der Waals surface area contributed by atoms with Crippen molar-refractivity contribution < 1.29 is 0 Å². The molecule has 0 spiro atoms. The van der Waals surface area contributed by atoms with Crippen LogP contribution in [0.3, 0.4) is 0 Å². The summed E-state index contributed by atoms with van der Waals surface area (Å²) < 4.78 is 4.55. The summed E-state index contributed by atoms with van der Waals surface area (Å²) in [5.74, 6) is 0.911. The summed E-state index contributed by atoms with van der Waals surface area (Å²) >= 11 is 7.28. The molecular weight excluding hydrogens is 282 g/mol. The summed E-state index contributed by atoms with van der Waals surface area (Å²) in [4.78, 5) is 11.3. The fourth-order valence-corrected chi connectivity index (χ4v) is 2.82. The van der Waals surface area contributed by atoms with E-state index in [1.807, 2.05) is 6.20 Å². The van der Waals surface area contributed by atoms with Gasteiger partial charge in [-0.05, 0) is 12.0 Å². The topological polar surface area (TPSA) is 54.8 Å². The molecule has 1 aliphatic rings. The minimum absolute atomic E-state index is 0.683. The van der Waals surface area contributed by atoms with Crippen LogP contribution in [-0.4, -0.2) is 31.0 Å². The maximum Gasteiger partial charge on any atom is 0.138 e. The van der Waals surface area contributed by atoms with Crippen LogP contribution in [0.1, 0.15) is 29.7 Å². The van der Waals surface area contributed by atoms with Gasteiger partial charge in [0.2, 0.25) is 0 Å². The second-order valence-electron chi connectivity index (χ2n) is 4.57. The highest BCUT2D eigenvalue weighted by Crippen LogP contribution is 2.22. The third-order valence-electron chi connectivity index (χ3n) is 3.27. The van der Waals surface area contributed by atoms with Gasteiger partial charge < -0.3 is 0 Å². The lowest BCUT2D eigenvalue weighted by atomic mass is 10.1. The van der Waals surface area contributed by atoms with Crippen LogP contribution >= 0.6 is 23.1 Å². The Morgan fingerprint density at radius 3 is 3.11 bits per heavy atom. The third kappa shape index (κ3) is 2.75. The number of rotatable bonds is 3. The number of hydrogen-bond acceptors (Lipinski definition) is 6. The number of aromatic nitrogens is 4. The number of nitrogens with zero attached hydrogens (tertiary/aromatic N) is 5. The molecule has 3 heterocycles. The van der Waals surface area contributed by atoms with Gasteiger partial charge in [-0.15, -0.1) is 5.10 Å². The monoisotopic (exact) mass is 295 g/mol. The first-order chi connectivity index (χ1) is 9.26. The molecule has 5 nitrogen and oxygen atoms in total. The zero-order chi connectivity index (χ0) is 13.2. The van der Waals surface area contributed by atoms with Gasteiger partial charge in [0.1, 0.15) is 15.9 Å². The van der Waals surface area contributed by atoms with Crippen molar-refractivity contribution in [2.45, 2.75) is 32.9 Å². The number of aryl methyl sites for hydroxylation is 1. The van der Waals surface area contributed by atoms with Gasteiger partial charge in [-0.3, -0.25) is 4.90 Å².